The maximum Gasteiger partial charge on any atom is 0.252 e. The average Bonchev–Trinajstić information content (AvgIpc) is 2.78. The van der Waals surface area contributed by atoms with Gasteiger partial charge >= 0.3 is 0 Å². The number of carbonyl (C=O) groups excluding carboxylic acids is 2. The van der Waals surface area contributed by atoms with Crippen molar-refractivity contribution >= 4 is 22.7 Å². The Morgan fingerprint density at radius 3 is 2.37 bits per heavy atom. The second-order valence-corrected chi connectivity index (χ2v) is 8.07. The van der Waals surface area contributed by atoms with E-state index in [9.17, 15) is 9.59 Å². The molecule has 30 heavy (non-hydrogen) atoms. The highest BCUT2D eigenvalue weighted by molar-refractivity contribution is 6.07. The van der Waals surface area contributed by atoms with Crippen molar-refractivity contribution in [2.24, 2.45) is 5.92 Å². The first kappa shape index (κ1) is 20.1. The monoisotopic (exact) mass is 401 g/mol. The number of pyridine rings is 1. The number of carbonyl (C=O) groups is 2. The number of rotatable bonds is 4. The third-order valence-corrected chi connectivity index (χ3v) is 5.99. The highest BCUT2D eigenvalue weighted by Gasteiger charge is 2.27. The van der Waals surface area contributed by atoms with Crippen LogP contribution >= 0.6 is 0 Å². The molecule has 1 fully saturated rings. The van der Waals surface area contributed by atoms with Gasteiger partial charge in [0.1, 0.15) is 0 Å². The zero-order valence-electron chi connectivity index (χ0n) is 17.4. The van der Waals surface area contributed by atoms with Gasteiger partial charge in [-0.05, 0) is 44.7 Å². The smallest absolute Gasteiger partial charge is 0.252 e. The number of nitrogens with zero attached hydrogens (tertiary/aromatic N) is 1. The summed E-state index contributed by atoms with van der Waals surface area (Å²) in [7, 11) is 1.68. The summed E-state index contributed by atoms with van der Waals surface area (Å²) in [5, 5.41) is 6.77. The Kier molecular flexibility index (Phi) is 5.79. The highest BCUT2D eigenvalue weighted by Crippen LogP contribution is 2.27. The van der Waals surface area contributed by atoms with Gasteiger partial charge in [0.25, 0.3) is 5.91 Å². The first-order valence-corrected chi connectivity index (χ1v) is 10.5. The Labute approximate surface area is 176 Å². The van der Waals surface area contributed by atoms with Crippen LogP contribution in [0, 0.1) is 12.8 Å². The molecule has 0 spiro atoms. The van der Waals surface area contributed by atoms with Crippen molar-refractivity contribution < 1.29 is 9.59 Å². The van der Waals surface area contributed by atoms with Crippen molar-refractivity contribution in [1.29, 1.82) is 0 Å². The van der Waals surface area contributed by atoms with Gasteiger partial charge in [0, 0.05) is 30.0 Å². The summed E-state index contributed by atoms with van der Waals surface area (Å²) in [6.45, 7) is 2.05. The molecular weight excluding hydrogens is 374 g/mol. The Bertz CT molecular complexity index is 1070. The van der Waals surface area contributed by atoms with Gasteiger partial charge in [-0.15, -0.1) is 0 Å². The van der Waals surface area contributed by atoms with Crippen molar-refractivity contribution in [1.82, 2.24) is 15.6 Å². The van der Waals surface area contributed by atoms with Gasteiger partial charge in [-0.2, -0.15) is 0 Å². The predicted octanol–water partition coefficient (Wildman–Crippen LogP) is 4.24. The molecule has 0 aliphatic heterocycles. The van der Waals surface area contributed by atoms with Gasteiger partial charge in [-0.3, -0.25) is 9.59 Å². The molecule has 1 saturated carbocycles. The Balaban J connectivity index is 1.59. The van der Waals surface area contributed by atoms with E-state index in [0.717, 1.165) is 47.8 Å². The predicted molar refractivity (Wildman–Crippen MR) is 119 cm³/mol. The van der Waals surface area contributed by atoms with Crippen LogP contribution in [-0.2, 0) is 4.79 Å². The molecule has 0 atom stereocenters. The zero-order chi connectivity index (χ0) is 21.1. The van der Waals surface area contributed by atoms with Crippen LogP contribution in [0.15, 0.2) is 54.6 Å². The normalized spacial score (nSPS) is 18.7. The van der Waals surface area contributed by atoms with Gasteiger partial charge in [-0.25, -0.2) is 4.98 Å². The molecule has 1 aliphatic rings. The van der Waals surface area contributed by atoms with E-state index in [4.69, 9.17) is 4.98 Å². The van der Waals surface area contributed by atoms with Crippen molar-refractivity contribution in [3.63, 3.8) is 0 Å². The summed E-state index contributed by atoms with van der Waals surface area (Å²) in [4.78, 5) is 29.8. The van der Waals surface area contributed by atoms with Crippen molar-refractivity contribution in [3.05, 3.63) is 65.7 Å². The third kappa shape index (κ3) is 4.20. The Hall–Kier alpha value is -3.21. The lowest BCUT2D eigenvalue weighted by Crippen LogP contribution is -2.40. The number of nitrogens with one attached hydrogen (secondary N) is 2. The minimum absolute atomic E-state index is 0.0537. The second-order valence-electron chi connectivity index (χ2n) is 8.07. The number of hydrogen-bond donors (Lipinski definition) is 2. The number of benzene rings is 2. The van der Waals surface area contributed by atoms with Crippen LogP contribution in [0.5, 0.6) is 0 Å². The number of amides is 2. The van der Waals surface area contributed by atoms with E-state index in [2.05, 4.69) is 29.7 Å². The fourth-order valence-corrected chi connectivity index (χ4v) is 4.20. The van der Waals surface area contributed by atoms with E-state index in [1.165, 1.54) is 5.56 Å². The minimum atomic E-state index is -0.0784. The number of hydrogen-bond acceptors (Lipinski definition) is 3. The first-order valence-electron chi connectivity index (χ1n) is 10.5. The molecule has 0 saturated heterocycles. The van der Waals surface area contributed by atoms with Crippen LogP contribution in [0.1, 0.15) is 41.6 Å². The summed E-state index contributed by atoms with van der Waals surface area (Å²) in [5.74, 6) is 0.0750. The van der Waals surface area contributed by atoms with Crippen LogP contribution < -0.4 is 10.6 Å². The molecule has 0 radical (unpaired) electrons. The van der Waals surface area contributed by atoms with Gasteiger partial charge in [-0.1, -0.05) is 48.0 Å². The molecule has 4 rings (SSSR count). The molecule has 1 heterocycles. The molecule has 0 bridgehead atoms. The molecule has 2 N–H and O–H groups in total. The number of para-hydroxylation sites is 1. The SMILES string of the molecule is CNC(=O)C1CCC(NC(=O)c2cc(-c3ccc(C)cc3)nc3ccccc23)CC1. The van der Waals surface area contributed by atoms with Crippen LogP contribution in [0.2, 0.25) is 0 Å². The van der Waals surface area contributed by atoms with Crippen LogP contribution in [-0.4, -0.2) is 29.9 Å². The molecule has 5 heteroatoms. The van der Waals surface area contributed by atoms with Crippen LogP contribution in [0.4, 0.5) is 0 Å². The fraction of sp³-hybridized carbons (Fsp3) is 0.320. The fourth-order valence-electron chi connectivity index (χ4n) is 4.20. The van der Waals surface area contributed by atoms with Crippen LogP contribution in [0.3, 0.4) is 0 Å². The van der Waals surface area contributed by atoms with E-state index < -0.39 is 0 Å². The van der Waals surface area contributed by atoms with E-state index >= 15 is 0 Å². The minimum Gasteiger partial charge on any atom is -0.359 e. The molecule has 5 nitrogen and oxygen atoms in total. The number of fused-ring (bicyclic) bond motifs is 1. The quantitative estimate of drug-likeness (QED) is 0.687. The highest BCUT2D eigenvalue weighted by atomic mass is 16.2. The maximum absolute atomic E-state index is 13.2. The van der Waals surface area contributed by atoms with Gasteiger partial charge in [0.15, 0.2) is 0 Å². The summed E-state index contributed by atoms with van der Waals surface area (Å²) in [5.41, 5.74) is 4.42. The van der Waals surface area contributed by atoms with Gasteiger partial charge in [0.05, 0.1) is 16.8 Å². The molecule has 1 aromatic heterocycles. The van der Waals surface area contributed by atoms with E-state index in [1.54, 1.807) is 7.05 Å². The zero-order valence-corrected chi connectivity index (χ0v) is 17.4. The maximum atomic E-state index is 13.2. The average molecular weight is 402 g/mol. The Morgan fingerprint density at radius 2 is 1.67 bits per heavy atom. The molecule has 1 aliphatic carbocycles. The molecule has 2 amide bonds. The lowest BCUT2D eigenvalue weighted by molar-refractivity contribution is -0.125. The molecule has 2 aromatic carbocycles. The summed E-state index contributed by atoms with van der Waals surface area (Å²) >= 11 is 0. The Morgan fingerprint density at radius 1 is 0.967 bits per heavy atom. The number of aromatic nitrogens is 1. The lowest BCUT2D eigenvalue weighted by Gasteiger charge is -2.28. The van der Waals surface area contributed by atoms with E-state index in [1.807, 2.05) is 42.5 Å². The lowest BCUT2D eigenvalue weighted by atomic mass is 9.85. The van der Waals surface area contributed by atoms with Crippen LogP contribution in [0.25, 0.3) is 22.2 Å². The molecule has 154 valence electrons. The summed E-state index contributed by atoms with van der Waals surface area (Å²) in [6, 6.07) is 17.9. The van der Waals surface area contributed by atoms with Crippen molar-refractivity contribution in [2.45, 2.75) is 38.6 Å². The summed E-state index contributed by atoms with van der Waals surface area (Å²) < 4.78 is 0. The molecular formula is C25H27N3O2. The van der Waals surface area contributed by atoms with Gasteiger partial charge in [0.2, 0.25) is 5.91 Å². The first-order chi connectivity index (χ1) is 14.5. The topological polar surface area (TPSA) is 71.1 Å². The second kappa shape index (κ2) is 8.66. The standard InChI is InChI=1S/C25H27N3O2/c1-16-7-9-17(10-8-16)23-15-21(20-5-3-4-6-22(20)28-23)25(30)27-19-13-11-18(12-14-19)24(29)26-2/h3-10,15,18-19H,11-14H2,1-2H3,(H,26,29)(H,27,30). The van der Waals surface area contributed by atoms with Gasteiger partial charge < -0.3 is 10.6 Å². The third-order valence-electron chi connectivity index (χ3n) is 5.99. The molecule has 0 unspecified atom stereocenters. The molecule has 3 aromatic rings. The van der Waals surface area contributed by atoms with E-state index in [0.29, 0.717) is 5.56 Å². The largest absolute Gasteiger partial charge is 0.359 e. The summed E-state index contributed by atoms with van der Waals surface area (Å²) in [6.07, 6.45) is 3.24. The van der Waals surface area contributed by atoms with Crippen molar-refractivity contribution in [2.75, 3.05) is 7.05 Å². The number of aryl methyl sites for hydroxylation is 1. The van der Waals surface area contributed by atoms with Crippen molar-refractivity contribution in [3.8, 4) is 11.3 Å². The van der Waals surface area contributed by atoms with E-state index in [-0.39, 0.29) is 23.8 Å².